The van der Waals surface area contributed by atoms with E-state index in [2.05, 4.69) is 16.0 Å². The molecule has 3 N–H and O–H groups in total. The van der Waals surface area contributed by atoms with Crippen molar-refractivity contribution >= 4 is 40.2 Å². The number of fused-ring (bicyclic) bond motifs is 1. The maximum Gasteiger partial charge on any atom is 0.287 e. The van der Waals surface area contributed by atoms with Crippen LogP contribution < -0.4 is 21.5 Å². The molecule has 0 bridgehead atoms. The number of carbonyl (C=O) groups excluding carboxylic acids is 4. The first-order valence-electron chi connectivity index (χ1n) is 11.3. The molecule has 3 aromatic rings. The summed E-state index contributed by atoms with van der Waals surface area (Å²) in [6.07, 6.45) is 1.15. The monoisotopic (exact) mass is 480 g/mol. The van der Waals surface area contributed by atoms with E-state index in [-0.39, 0.29) is 30.3 Å². The van der Waals surface area contributed by atoms with Gasteiger partial charge in [-0.1, -0.05) is 18.2 Å². The normalized spacial score (nSPS) is 11.8. The van der Waals surface area contributed by atoms with Crippen molar-refractivity contribution in [2.75, 3.05) is 5.32 Å². The van der Waals surface area contributed by atoms with E-state index in [4.69, 9.17) is 4.42 Å². The van der Waals surface area contributed by atoms with Crippen molar-refractivity contribution in [2.45, 2.75) is 52.2 Å². The molecule has 0 aliphatic carbocycles. The van der Waals surface area contributed by atoms with Crippen LogP contribution in [0.25, 0.3) is 11.0 Å². The highest BCUT2D eigenvalue weighted by molar-refractivity contribution is 6.36. The van der Waals surface area contributed by atoms with E-state index >= 15 is 0 Å². The van der Waals surface area contributed by atoms with Crippen LogP contribution in [0.3, 0.4) is 0 Å². The minimum atomic E-state index is -1.21. The molecule has 2 aromatic heterocycles. The Bertz CT molecular complexity index is 1270. The molecule has 0 radical (unpaired) electrons. The summed E-state index contributed by atoms with van der Waals surface area (Å²) in [5, 5.41) is 8.30. The molecular formula is C25H28N4O6. The molecule has 1 atom stereocenters. The third kappa shape index (κ3) is 6.44. The number of ketones is 1. The van der Waals surface area contributed by atoms with Gasteiger partial charge in [0, 0.05) is 30.6 Å². The van der Waals surface area contributed by atoms with Crippen LogP contribution in [0.5, 0.6) is 0 Å². The number of pyridine rings is 1. The van der Waals surface area contributed by atoms with Crippen molar-refractivity contribution in [1.82, 2.24) is 15.2 Å². The summed E-state index contributed by atoms with van der Waals surface area (Å²) in [5.41, 5.74) is 0.132. The SMILES string of the molecule is CCn1cccc(NC(=O)C(CCC(=O)C(=O)NC(C)C)NC(=O)c2cc3ccccc3o2)c1=O. The molecule has 2 heterocycles. The lowest BCUT2D eigenvalue weighted by Crippen LogP contribution is -2.45. The van der Waals surface area contributed by atoms with Crippen LogP contribution in [0, 0.1) is 0 Å². The Labute approximate surface area is 201 Å². The van der Waals surface area contributed by atoms with Crippen molar-refractivity contribution in [1.29, 1.82) is 0 Å². The van der Waals surface area contributed by atoms with E-state index in [0.717, 1.165) is 0 Å². The molecule has 10 heteroatoms. The lowest BCUT2D eigenvalue weighted by Gasteiger charge is -2.18. The number of rotatable bonds is 10. The van der Waals surface area contributed by atoms with Crippen LogP contribution in [0.15, 0.2) is 57.9 Å². The Morgan fingerprint density at radius 2 is 1.77 bits per heavy atom. The highest BCUT2D eigenvalue weighted by Gasteiger charge is 2.26. The number of nitrogens with one attached hydrogen (secondary N) is 3. The highest BCUT2D eigenvalue weighted by atomic mass is 16.3. The molecule has 0 fully saturated rings. The molecule has 0 saturated carbocycles. The van der Waals surface area contributed by atoms with Crippen LogP contribution in [0.4, 0.5) is 5.69 Å². The van der Waals surface area contributed by atoms with Gasteiger partial charge >= 0.3 is 0 Å². The number of Topliss-reactive ketones (excluding diaryl/α,β-unsaturated/α-hetero) is 1. The van der Waals surface area contributed by atoms with Crippen LogP contribution >= 0.6 is 0 Å². The molecule has 0 saturated heterocycles. The summed E-state index contributed by atoms with van der Waals surface area (Å²) in [6, 6.07) is 10.2. The Hall–Kier alpha value is -4.21. The molecule has 1 aromatic carbocycles. The molecule has 0 aliphatic heterocycles. The number of nitrogens with zero attached hydrogens (tertiary/aromatic N) is 1. The maximum atomic E-state index is 13.0. The van der Waals surface area contributed by atoms with Crippen LogP contribution in [0.1, 0.15) is 44.2 Å². The van der Waals surface area contributed by atoms with Crippen LogP contribution in [0.2, 0.25) is 0 Å². The van der Waals surface area contributed by atoms with E-state index in [9.17, 15) is 24.0 Å². The average molecular weight is 481 g/mol. The van der Waals surface area contributed by atoms with E-state index in [1.54, 1.807) is 57.3 Å². The zero-order chi connectivity index (χ0) is 25.5. The largest absolute Gasteiger partial charge is 0.451 e. The van der Waals surface area contributed by atoms with Crippen molar-refractivity contribution in [2.24, 2.45) is 0 Å². The Morgan fingerprint density at radius 3 is 2.46 bits per heavy atom. The lowest BCUT2D eigenvalue weighted by molar-refractivity contribution is -0.138. The predicted molar refractivity (Wildman–Crippen MR) is 130 cm³/mol. The smallest absolute Gasteiger partial charge is 0.287 e. The lowest BCUT2D eigenvalue weighted by atomic mass is 10.1. The second-order valence-corrected chi connectivity index (χ2v) is 8.27. The Kier molecular flexibility index (Phi) is 8.19. The number of carbonyl (C=O) groups is 4. The van der Waals surface area contributed by atoms with Gasteiger partial charge in [-0.3, -0.25) is 24.0 Å². The number of aromatic nitrogens is 1. The maximum absolute atomic E-state index is 13.0. The number of para-hydroxylation sites is 1. The van der Waals surface area contributed by atoms with Crippen molar-refractivity contribution in [3.05, 3.63) is 64.8 Å². The topological polar surface area (TPSA) is 140 Å². The summed E-state index contributed by atoms with van der Waals surface area (Å²) >= 11 is 0. The summed E-state index contributed by atoms with van der Waals surface area (Å²) in [4.78, 5) is 62.6. The number of aryl methyl sites for hydroxylation is 1. The quantitative estimate of drug-likeness (QED) is 0.380. The molecule has 3 amide bonds. The molecule has 1 unspecified atom stereocenters. The number of hydrogen-bond donors (Lipinski definition) is 3. The zero-order valence-corrected chi connectivity index (χ0v) is 19.8. The number of amides is 3. The number of anilines is 1. The van der Waals surface area contributed by atoms with Crippen molar-refractivity contribution in [3.8, 4) is 0 Å². The van der Waals surface area contributed by atoms with Gasteiger partial charge in [0.25, 0.3) is 17.4 Å². The molecular weight excluding hydrogens is 452 g/mol. The van der Waals surface area contributed by atoms with Gasteiger partial charge in [-0.2, -0.15) is 0 Å². The van der Waals surface area contributed by atoms with E-state index in [1.807, 2.05) is 0 Å². The second kappa shape index (κ2) is 11.3. The van der Waals surface area contributed by atoms with Gasteiger partial charge in [0.1, 0.15) is 17.3 Å². The van der Waals surface area contributed by atoms with Crippen LogP contribution in [-0.2, 0) is 20.9 Å². The summed E-state index contributed by atoms with van der Waals surface area (Å²) < 4.78 is 6.97. The van der Waals surface area contributed by atoms with E-state index < -0.39 is 35.1 Å². The van der Waals surface area contributed by atoms with Gasteiger partial charge in [-0.05, 0) is 51.5 Å². The molecule has 0 aliphatic rings. The number of benzene rings is 1. The molecule has 3 rings (SSSR count). The fourth-order valence-corrected chi connectivity index (χ4v) is 3.42. The van der Waals surface area contributed by atoms with Crippen molar-refractivity contribution in [3.63, 3.8) is 0 Å². The summed E-state index contributed by atoms with van der Waals surface area (Å²) in [5.74, 6) is -2.86. The van der Waals surface area contributed by atoms with Gasteiger partial charge in [0.15, 0.2) is 5.76 Å². The zero-order valence-electron chi connectivity index (χ0n) is 19.8. The van der Waals surface area contributed by atoms with Crippen molar-refractivity contribution < 1.29 is 23.6 Å². The van der Waals surface area contributed by atoms with E-state index in [1.165, 1.54) is 16.7 Å². The first-order valence-corrected chi connectivity index (χ1v) is 11.3. The molecule has 35 heavy (non-hydrogen) atoms. The van der Waals surface area contributed by atoms with Crippen LogP contribution in [-0.4, -0.2) is 40.2 Å². The minimum absolute atomic E-state index is 0.0130. The predicted octanol–water partition coefficient (Wildman–Crippen LogP) is 2.23. The number of hydrogen-bond acceptors (Lipinski definition) is 6. The molecule has 184 valence electrons. The minimum Gasteiger partial charge on any atom is -0.451 e. The first-order chi connectivity index (χ1) is 16.7. The Morgan fingerprint density at radius 1 is 1.03 bits per heavy atom. The fourth-order valence-electron chi connectivity index (χ4n) is 3.42. The van der Waals surface area contributed by atoms with E-state index in [0.29, 0.717) is 17.5 Å². The van der Waals surface area contributed by atoms with Gasteiger partial charge in [0.05, 0.1) is 0 Å². The summed E-state index contributed by atoms with van der Waals surface area (Å²) in [7, 11) is 0. The average Bonchev–Trinajstić information content (AvgIpc) is 3.26. The Balaban J connectivity index is 1.79. The standard InChI is InChI=1S/C25H28N4O6/c1-4-29-13-7-9-18(25(29)34)28-22(31)17(11-12-19(30)23(32)26-15(2)3)27-24(33)21-14-16-8-5-6-10-20(16)35-21/h5-10,13-15,17H,4,11-12H2,1-3H3,(H,26,32)(H,27,33)(H,28,31). The number of furan rings is 1. The summed E-state index contributed by atoms with van der Waals surface area (Å²) in [6.45, 7) is 5.64. The fraction of sp³-hybridized carbons (Fsp3) is 0.320. The first kappa shape index (κ1) is 25.4. The van der Waals surface area contributed by atoms with Gasteiger partial charge < -0.3 is 24.9 Å². The van der Waals surface area contributed by atoms with Gasteiger partial charge in [0.2, 0.25) is 11.7 Å². The third-order valence-electron chi connectivity index (χ3n) is 5.22. The molecule has 10 nitrogen and oxygen atoms in total. The third-order valence-corrected chi connectivity index (χ3v) is 5.22. The molecule has 0 spiro atoms. The van der Waals surface area contributed by atoms with Gasteiger partial charge in [-0.25, -0.2) is 0 Å². The second-order valence-electron chi connectivity index (χ2n) is 8.27. The van der Waals surface area contributed by atoms with Gasteiger partial charge in [-0.15, -0.1) is 0 Å². The highest BCUT2D eigenvalue weighted by Crippen LogP contribution is 2.19.